The standard InChI is InChI=1S/C13H19N5/c1-3-7-15-13-16-12(14)18(17-13)9-11-6-4-5-10(2)8-11/h4-6,8H,3,7,9H2,1-2H3,(H3,14,15,16,17). The SMILES string of the molecule is CCCNc1nc(N)n(Cc2cccc(C)c2)n1. The second-order valence-electron chi connectivity index (χ2n) is 4.37. The molecule has 5 nitrogen and oxygen atoms in total. The molecule has 0 fully saturated rings. The van der Waals surface area contributed by atoms with Crippen molar-refractivity contribution in [2.24, 2.45) is 0 Å². The van der Waals surface area contributed by atoms with Crippen molar-refractivity contribution in [2.75, 3.05) is 17.6 Å². The molecule has 0 radical (unpaired) electrons. The Kier molecular flexibility index (Phi) is 3.82. The molecule has 3 N–H and O–H groups in total. The Morgan fingerprint density at radius 1 is 1.39 bits per heavy atom. The Labute approximate surface area is 107 Å². The fourth-order valence-corrected chi connectivity index (χ4v) is 1.77. The lowest BCUT2D eigenvalue weighted by Gasteiger charge is -2.03. The molecule has 18 heavy (non-hydrogen) atoms. The summed E-state index contributed by atoms with van der Waals surface area (Å²) in [6, 6.07) is 8.30. The summed E-state index contributed by atoms with van der Waals surface area (Å²) in [5, 5.41) is 7.47. The van der Waals surface area contributed by atoms with Gasteiger partial charge in [-0.3, -0.25) is 0 Å². The van der Waals surface area contributed by atoms with Crippen LogP contribution in [0.5, 0.6) is 0 Å². The van der Waals surface area contributed by atoms with Crippen LogP contribution in [-0.4, -0.2) is 21.3 Å². The third-order valence-corrected chi connectivity index (χ3v) is 2.65. The minimum absolute atomic E-state index is 0.440. The van der Waals surface area contributed by atoms with Gasteiger partial charge < -0.3 is 11.1 Å². The van der Waals surface area contributed by atoms with Gasteiger partial charge in [0.25, 0.3) is 0 Å². The predicted octanol–water partition coefficient (Wildman–Crippen LogP) is 2.04. The summed E-state index contributed by atoms with van der Waals surface area (Å²) in [5.74, 6) is 1.04. The van der Waals surface area contributed by atoms with Crippen LogP contribution < -0.4 is 11.1 Å². The molecule has 0 spiro atoms. The van der Waals surface area contributed by atoms with Gasteiger partial charge in [-0.1, -0.05) is 36.8 Å². The second kappa shape index (κ2) is 5.53. The zero-order valence-corrected chi connectivity index (χ0v) is 10.8. The molecule has 0 aliphatic heterocycles. The minimum atomic E-state index is 0.440. The lowest BCUT2D eigenvalue weighted by molar-refractivity contribution is 0.696. The summed E-state index contributed by atoms with van der Waals surface area (Å²) >= 11 is 0. The molecule has 0 saturated carbocycles. The van der Waals surface area contributed by atoms with Gasteiger partial charge in [0, 0.05) is 6.54 Å². The van der Waals surface area contributed by atoms with Gasteiger partial charge in [0.15, 0.2) is 0 Å². The Bertz CT molecular complexity index is 518. The molecular weight excluding hydrogens is 226 g/mol. The summed E-state index contributed by atoms with van der Waals surface area (Å²) in [4.78, 5) is 4.19. The molecule has 1 aromatic heterocycles. The van der Waals surface area contributed by atoms with Gasteiger partial charge in [-0.05, 0) is 18.9 Å². The van der Waals surface area contributed by atoms with Crippen molar-refractivity contribution < 1.29 is 0 Å². The first-order valence-corrected chi connectivity index (χ1v) is 6.18. The molecule has 1 aromatic carbocycles. The lowest BCUT2D eigenvalue weighted by Crippen LogP contribution is -2.07. The highest BCUT2D eigenvalue weighted by Gasteiger charge is 2.06. The molecule has 2 rings (SSSR count). The van der Waals surface area contributed by atoms with Gasteiger partial charge in [-0.25, -0.2) is 4.68 Å². The molecule has 0 bridgehead atoms. The molecule has 0 amide bonds. The van der Waals surface area contributed by atoms with Crippen molar-refractivity contribution in [2.45, 2.75) is 26.8 Å². The number of anilines is 2. The maximum atomic E-state index is 5.85. The van der Waals surface area contributed by atoms with E-state index in [0.717, 1.165) is 13.0 Å². The van der Waals surface area contributed by atoms with Crippen LogP contribution in [0.15, 0.2) is 24.3 Å². The summed E-state index contributed by atoms with van der Waals surface area (Å²) in [5.41, 5.74) is 8.25. The van der Waals surface area contributed by atoms with Gasteiger partial charge in [-0.15, -0.1) is 5.10 Å². The minimum Gasteiger partial charge on any atom is -0.368 e. The number of nitrogens with zero attached hydrogens (tertiary/aromatic N) is 3. The van der Waals surface area contributed by atoms with Gasteiger partial charge in [0.2, 0.25) is 11.9 Å². The van der Waals surface area contributed by atoms with Crippen LogP contribution in [0.1, 0.15) is 24.5 Å². The maximum absolute atomic E-state index is 5.85. The van der Waals surface area contributed by atoms with Gasteiger partial charge in [-0.2, -0.15) is 4.98 Å². The van der Waals surface area contributed by atoms with E-state index in [0.29, 0.717) is 18.4 Å². The molecular formula is C13H19N5. The number of hydrogen-bond donors (Lipinski definition) is 2. The van der Waals surface area contributed by atoms with Gasteiger partial charge in [0.05, 0.1) is 6.54 Å². The predicted molar refractivity (Wildman–Crippen MR) is 73.5 cm³/mol. The molecule has 0 saturated heterocycles. The molecule has 0 aliphatic rings. The third kappa shape index (κ3) is 3.00. The fraction of sp³-hybridized carbons (Fsp3) is 0.385. The summed E-state index contributed by atoms with van der Waals surface area (Å²) < 4.78 is 1.72. The van der Waals surface area contributed by atoms with E-state index in [-0.39, 0.29) is 0 Å². The summed E-state index contributed by atoms with van der Waals surface area (Å²) in [6.45, 7) is 5.67. The Hall–Kier alpha value is -2.04. The number of aryl methyl sites for hydroxylation is 1. The Balaban J connectivity index is 2.11. The van der Waals surface area contributed by atoms with Crippen molar-refractivity contribution in [3.05, 3.63) is 35.4 Å². The van der Waals surface area contributed by atoms with Crippen molar-refractivity contribution in [1.29, 1.82) is 0 Å². The van der Waals surface area contributed by atoms with E-state index in [1.165, 1.54) is 11.1 Å². The van der Waals surface area contributed by atoms with E-state index < -0.39 is 0 Å². The second-order valence-corrected chi connectivity index (χ2v) is 4.37. The summed E-state index contributed by atoms with van der Waals surface area (Å²) in [7, 11) is 0. The zero-order valence-electron chi connectivity index (χ0n) is 10.8. The number of nitrogens with two attached hydrogens (primary N) is 1. The average Bonchev–Trinajstić information content (AvgIpc) is 2.68. The smallest absolute Gasteiger partial charge is 0.243 e. The number of rotatable bonds is 5. The van der Waals surface area contributed by atoms with Crippen LogP contribution in [-0.2, 0) is 6.54 Å². The van der Waals surface area contributed by atoms with Crippen molar-refractivity contribution in [1.82, 2.24) is 14.8 Å². The number of hydrogen-bond acceptors (Lipinski definition) is 4. The van der Waals surface area contributed by atoms with Gasteiger partial charge >= 0.3 is 0 Å². The van der Waals surface area contributed by atoms with Crippen LogP contribution in [0.2, 0.25) is 0 Å². The van der Waals surface area contributed by atoms with E-state index in [4.69, 9.17) is 5.73 Å². The molecule has 0 atom stereocenters. The Morgan fingerprint density at radius 3 is 2.94 bits per heavy atom. The van der Waals surface area contributed by atoms with Crippen LogP contribution in [0.3, 0.4) is 0 Å². The average molecular weight is 245 g/mol. The number of nitrogen functional groups attached to an aromatic ring is 1. The highest BCUT2D eigenvalue weighted by molar-refractivity contribution is 5.32. The molecule has 5 heteroatoms. The van der Waals surface area contributed by atoms with Crippen LogP contribution in [0, 0.1) is 6.92 Å². The highest BCUT2D eigenvalue weighted by atomic mass is 15.4. The number of aromatic nitrogens is 3. The van der Waals surface area contributed by atoms with Crippen LogP contribution >= 0.6 is 0 Å². The van der Waals surface area contributed by atoms with Crippen LogP contribution in [0.25, 0.3) is 0 Å². The first-order chi connectivity index (χ1) is 8.69. The van der Waals surface area contributed by atoms with E-state index in [2.05, 4.69) is 47.4 Å². The van der Waals surface area contributed by atoms with E-state index in [1.807, 2.05) is 6.07 Å². The molecule has 0 aliphatic carbocycles. The molecule has 96 valence electrons. The molecule has 2 aromatic rings. The third-order valence-electron chi connectivity index (χ3n) is 2.65. The normalized spacial score (nSPS) is 10.6. The number of benzene rings is 1. The summed E-state index contributed by atoms with van der Waals surface area (Å²) in [6.07, 6.45) is 1.03. The van der Waals surface area contributed by atoms with E-state index in [1.54, 1.807) is 4.68 Å². The quantitative estimate of drug-likeness (QED) is 0.845. The number of nitrogens with one attached hydrogen (secondary N) is 1. The highest BCUT2D eigenvalue weighted by Crippen LogP contribution is 2.10. The van der Waals surface area contributed by atoms with Crippen molar-refractivity contribution in [3.63, 3.8) is 0 Å². The van der Waals surface area contributed by atoms with Crippen molar-refractivity contribution >= 4 is 11.9 Å². The van der Waals surface area contributed by atoms with Gasteiger partial charge in [0.1, 0.15) is 0 Å². The fourth-order valence-electron chi connectivity index (χ4n) is 1.77. The first-order valence-electron chi connectivity index (χ1n) is 6.18. The van der Waals surface area contributed by atoms with E-state index in [9.17, 15) is 0 Å². The topological polar surface area (TPSA) is 68.8 Å². The van der Waals surface area contributed by atoms with Crippen molar-refractivity contribution in [3.8, 4) is 0 Å². The lowest BCUT2D eigenvalue weighted by atomic mass is 10.1. The molecule has 0 unspecified atom stereocenters. The Morgan fingerprint density at radius 2 is 2.22 bits per heavy atom. The zero-order chi connectivity index (χ0) is 13.0. The first kappa shape index (κ1) is 12.4. The van der Waals surface area contributed by atoms with E-state index >= 15 is 0 Å². The van der Waals surface area contributed by atoms with Crippen LogP contribution in [0.4, 0.5) is 11.9 Å². The maximum Gasteiger partial charge on any atom is 0.243 e. The largest absolute Gasteiger partial charge is 0.368 e. The molecule has 1 heterocycles. The monoisotopic (exact) mass is 245 g/mol.